The van der Waals surface area contributed by atoms with Crippen LogP contribution in [0.1, 0.15) is 18.4 Å². The fourth-order valence-corrected chi connectivity index (χ4v) is 5.73. The van der Waals surface area contributed by atoms with Crippen LogP contribution >= 0.6 is 35.0 Å². The molecule has 2 aromatic rings. The summed E-state index contributed by atoms with van der Waals surface area (Å²) in [5.41, 5.74) is 1.01. The molecule has 0 aromatic heterocycles. The fourth-order valence-electron chi connectivity index (χ4n) is 3.09. The SMILES string of the molecule is O=C(CSCc1ccc(Cl)c(Cl)c1)NCCOc1ccc(S(=O)(=O)N2CCCC2)cc1. The molecule has 6 nitrogen and oxygen atoms in total. The van der Waals surface area contributed by atoms with E-state index in [2.05, 4.69) is 5.32 Å². The zero-order valence-corrected chi connectivity index (χ0v) is 20.0. The van der Waals surface area contributed by atoms with E-state index in [1.165, 1.54) is 16.1 Å². The van der Waals surface area contributed by atoms with E-state index in [4.69, 9.17) is 27.9 Å². The number of rotatable bonds is 10. The average molecular weight is 503 g/mol. The molecule has 3 rings (SSSR count). The molecule has 1 N–H and O–H groups in total. The van der Waals surface area contributed by atoms with Crippen LogP contribution in [0, 0.1) is 0 Å². The molecule has 2 aromatic carbocycles. The summed E-state index contributed by atoms with van der Waals surface area (Å²) in [5, 5.41) is 3.81. The number of hydrogen-bond donors (Lipinski definition) is 1. The molecule has 0 bridgehead atoms. The van der Waals surface area contributed by atoms with Crippen molar-refractivity contribution in [2.75, 3.05) is 32.0 Å². The maximum Gasteiger partial charge on any atom is 0.243 e. The van der Waals surface area contributed by atoms with E-state index in [1.54, 1.807) is 36.4 Å². The van der Waals surface area contributed by atoms with Gasteiger partial charge in [-0.3, -0.25) is 4.79 Å². The highest BCUT2D eigenvalue weighted by molar-refractivity contribution is 7.99. The van der Waals surface area contributed by atoms with Gasteiger partial charge < -0.3 is 10.1 Å². The molecule has 0 unspecified atom stereocenters. The molecule has 0 spiro atoms. The summed E-state index contributed by atoms with van der Waals surface area (Å²) in [6.07, 6.45) is 1.81. The molecule has 0 saturated carbocycles. The molecular formula is C21H24Cl2N2O4S2. The van der Waals surface area contributed by atoms with Crippen LogP contribution < -0.4 is 10.1 Å². The van der Waals surface area contributed by atoms with E-state index in [1.807, 2.05) is 6.07 Å². The van der Waals surface area contributed by atoms with Crippen LogP contribution in [0.4, 0.5) is 0 Å². The molecule has 0 aliphatic carbocycles. The van der Waals surface area contributed by atoms with Gasteiger partial charge in [-0.1, -0.05) is 29.3 Å². The molecule has 1 saturated heterocycles. The smallest absolute Gasteiger partial charge is 0.243 e. The van der Waals surface area contributed by atoms with Gasteiger partial charge >= 0.3 is 0 Å². The molecule has 1 heterocycles. The Morgan fingerprint density at radius 2 is 1.77 bits per heavy atom. The Morgan fingerprint density at radius 1 is 1.06 bits per heavy atom. The number of carbonyl (C=O) groups excluding carboxylic acids is 1. The Balaban J connectivity index is 1.34. The van der Waals surface area contributed by atoms with Crippen molar-refractivity contribution in [3.05, 3.63) is 58.1 Å². The van der Waals surface area contributed by atoms with Gasteiger partial charge in [0.25, 0.3) is 0 Å². The van der Waals surface area contributed by atoms with Crippen molar-refractivity contribution >= 4 is 50.9 Å². The number of sulfonamides is 1. The van der Waals surface area contributed by atoms with Crippen LogP contribution in [-0.2, 0) is 20.6 Å². The summed E-state index contributed by atoms with van der Waals surface area (Å²) in [6, 6.07) is 11.8. The van der Waals surface area contributed by atoms with Crippen molar-refractivity contribution in [2.45, 2.75) is 23.5 Å². The van der Waals surface area contributed by atoms with Gasteiger partial charge in [-0.25, -0.2) is 8.42 Å². The first-order chi connectivity index (χ1) is 14.9. The minimum Gasteiger partial charge on any atom is -0.492 e. The van der Waals surface area contributed by atoms with Gasteiger partial charge in [-0.2, -0.15) is 4.31 Å². The zero-order valence-electron chi connectivity index (χ0n) is 16.9. The van der Waals surface area contributed by atoms with Gasteiger partial charge in [0.1, 0.15) is 12.4 Å². The van der Waals surface area contributed by atoms with Crippen LogP contribution in [0.5, 0.6) is 5.75 Å². The second-order valence-corrected chi connectivity index (χ2v) is 10.8. The van der Waals surface area contributed by atoms with Crippen molar-refractivity contribution < 1.29 is 17.9 Å². The van der Waals surface area contributed by atoms with E-state index in [-0.39, 0.29) is 10.8 Å². The van der Waals surface area contributed by atoms with Gasteiger partial charge in [-0.15, -0.1) is 11.8 Å². The highest BCUT2D eigenvalue weighted by atomic mass is 35.5. The summed E-state index contributed by atoms with van der Waals surface area (Å²) >= 11 is 13.4. The molecule has 1 fully saturated rings. The summed E-state index contributed by atoms with van der Waals surface area (Å²) in [5.74, 6) is 1.46. The maximum atomic E-state index is 12.5. The molecule has 1 amide bonds. The third-order valence-electron chi connectivity index (χ3n) is 4.71. The van der Waals surface area contributed by atoms with Crippen molar-refractivity contribution in [1.29, 1.82) is 0 Å². The van der Waals surface area contributed by atoms with Crippen LogP contribution in [0.25, 0.3) is 0 Å². The fraction of sp³-hybridized carbons (Fsp3) is 0.381. The molecule has 0 radical (unpaired) electrons. The third kappa shape index (κ3) is 7.02. The standard InChI is InChI=1S/C21H24Cl2N2O4S2/c22-19-8-3-16(13-20(19)23)14-30-15-21(26)24-9-12-29-17-4-6-18(7-5-17)31(27,28)25-10-1-2-11-25/h3-8,13H,1-2,9-12,14-15H2,(H,24,26). The predicted octanol–water partition coefficient (Wildman–Crippen LogP) is 4.21. The zero-order chi connectivity index (χ0) is 22.3. The lowest BCUT2D eigenvalue weighted by molar-refractivity contribution is -0.118. The van der Waals surface area contributed by atoms with E-state index in [0.717, 1.165) is 18.4 Å². The average Bonchev–Trinajstić information content (AvgIpc) is 3.30. The topological polar surface area (TPSA) is 75.7 Å². The van der Waals surface area contributed by atoms with Crippen LogP contribution in [0.15, 0.2) is 47.4 Å². The van der Waals surface area contributed by atoms with Crippen molar-refractivity contribution in [2.24, 2.45) is 0 Å². The second kappa shape index (κ2) is 11.4. The van der Waals surface area contributed by atoms with Gasteiger partial charge in [0, 0.05) is 18.8 Å². The van der Waals surface area contributed by atoms with Gasteiger partial charge in [0.05, 0.1) is 27.2 Å². The second-order valence-electron chi connectivity index (χ2n) is 7.02. The van der Waals surface area contributed by atoms with E-state index >= 15 is 0 Å². The minimum atomic E-state index is -3.42. The molecule has 1 aliphatic heterocycles. The molecule has 31 heavy (non-hydrogen) atoms. The Bertz CT molecular complexity index is 995. The largest absolute Gasteiger partial charge is 0.492 e. The van der Waals surface area contributed by atoms with Gasteiger partial charge in [0.2, 0.25) is 15.9 Å². The Labute approximate surface area is 197 Å². The Hall–Kier alpha value is -1.45. The maximum absolute atomic E-state index is 12.5. The van der Waals surface area contributed by atoms with E-state index in [9.17, 15) is 13.2 Å². The summed E-state index contributed by atoms with van der Waals surface area (Å²) in [7, 11) is -3.42. The number of thioether (sulfide) groups is 1. The summed E-state index contributed by atoms with van der Waals surface area (Å²) < 4.78 is 32.1. The Kier molecular flexibility index (Phi) is 8.92. The number of nitrogens with zero attached hydrogens (tertiary/aromatic N) is 1. The van der Waals surface area contributed by atoms with Crippen LogP contribution in [0.2, 0.25) is 10.0 Å². The lowest BCUT2D eigenvalue weighted by Gasteiger charge is -2.15. The number of ether oxygens (including phenoxy) is 1. The van der Waals surface area contributed by atoms with Crippen LogP contribution in [0.3, 0.4) is 0 Å². The highest BCUT2D eigenvalue weighted by Crippen LogP contribution is 2.25. The molecule has 0 atom stereocenters. The number of halogens is 2. The van der Waals surface area contributed by atoms with Crippen molar-refractivity contribution in [3.8, 4) is 5.75 Å². The molecule has 168 valence electrons. The number of hydrogen-bond acceptors (Lipinski definition) is 5. The monoisotopic (exact) mass is 502 g/mol. The normalized spacial score (nSPS) is 14.5. The first-order valence-corrected chi connectivity index (χ1v) is 13.2. The van der Waals surface area contributed by atoms with E-state index < -0.39 is 10.0 Å². The third-order valence-corrected chi connectivity index (χ3v) is 8.36. The highest BCUT2D eigenvalue weighted by Gasteiger charge is 2.26. The van der Waals surface area contributed by atoms with Gasteiger partial charge in [0.15, 0.2) is 0 Å². The summed E-state index contributed by atoms with van der Waals surface area (Å²) in [4.78, 5) is 12.2. The lowest BCUT2D eigenvalue weighted by atomic mass is 10.2. The predicted molar refractivity (Wildman–Crippen MR) is 126 cm³/mol. The number of nitrogens with one attached hydrogen (secondary N) is 1. The van der Waals surface area contributed by atoms with Crippen LogP contribution in [-0.4, -0.2) is 50.6 Å². The number of carbonyl (C=O) groups is 1. The number of amides is 1. The quantitative estimate of drug-likeness (QED) is 0.492. The molecule has 1 aliphatic rings. The lowest BCUT2D eigenvalue weighted by Crippen LogP contribution is -2.29. The molecular weight excluding hydrogens is 479 g/mol. The number of benzene rings is 2. The molecule has 10 heteroatoms. The minimum absolute atomic E-state index is 0.0827. The summed E-state index contributed by atoms with van der Waals surface area (Å²) in [6.45, 7) is 1.81. The van der Waals surface area contributed by atoms with Crippen molar-refractivity contribution in [3.63, 3.8) is 0 Å². The van der Waals surface area contributed by atoms with Gasteiger partial charge in [-0.05, 0) is 54.8 Å². The van der Waals surface area contributed by atoms with E-state index in [0.29, 0.717) is 53.5 Å². The van der Waals surface area contributed by atoms with Crippen molar-refractivity contribution in [1.82, 2.24) is 9.62 Å². The Morgan fingerprint density at radius 3 is 2.45 bits per heavy atom. The first kappa shape index (κ1) is 24.2. The first-order valence-electron chi connectivity index (χ1n) is 9.87.